The molecule has 2 rings (SSSR count). The smallest absolute Gasteiger partial charge is 0.185 e. The third kappa shape index (κ3) is 1.43. The van der Waals surface area contributed by atoms with E-state index in [0.29, 0.717) is 5.65 Å². The zero-order chi connectivity index (χ0) is 6.97. The second-order valence-corrected chi connectivity index (χ2v) is 1.93. The first-order chi connectivity index (χ1) is 4.86. The standard InChI is InChI=1S/C5H5N5.Pt/c1-10-8-4-2-3-6-7-5(4)9-10;/h2-3H,1H3;. The monoisotopic (exact) mass is 330 g/mol. The minimum Gasteiger partial charge on any atom is -0.185 e. The van der Waals surface area contributed by atoms with E-state index < -0.39 is 0 Å². The summed E-state index contributed by atoms with van der Waals surface area (Å²) in [5.74, 6) is 0. The van der Waals surface area contributed by atoms with Crippen LogP contribution in [0.3, 0.4) is 0 Å². The van der Waals surface area contributed by atoms with Crippen LogP contribution in [0.5, 0.6) is 0 Å². The Hall–Kier alpha value is -0.832. The van der Waals surface area contributed by atoms with Gasteiger partial charge in [0.1, 0.15) is 5.52 Å². The van der Waals surface area contributed by atoms with Crippen LogP contribution in [-0.4, -0.2) is 25.2 Å². The Morgan fingerprint density at radius 2 is 2.18 bits per heavy atom. The first-order valence-corrected chi connectivity index (χ1v) is 2.85. The predicted octanol–water partition coefficient (Wildman–Crippen LogP) is -0.244. The predicted molar refractivity (Wildman–Crippen MR) is 34.1 cm³/mol. The fourth-order valence-electron chi connectivity index (χ4n) is 0.782. The van der Waals surface area contributed by atoms with E-state index in [2.05, 4.69) is 20.4 Å². The van der Waals surface area contributed by atoms with Crippen molar-refractivity contribution in [1.82, 2.24) is 25.2 Å². The van der Waals surface area contributed by atoms with Crippen LogP contribution in [0.2, 0.25) is 0 Å². The summed E-state index contributed by atoms with van der Waals surface area (Å²) in [6.07, 6.45) is 1.59. The molecule has 0 saturated heterocycles. The maximum absolute atomic E-state index is 4.02. The molecule has 2 aromatic heterocycles. The Morgan fingerprint density at radius 3 is 2.91 bits per heavy atom. The van der Waals surface area contributed by atoms with Gasteiger partial charge in [0.15, 0.2) is 0 Å². The summed E-state index contributed by atoms with van der Waals surface area (Å²) in [5, 5.41) is 15.4. The minimum atomic E-state index is 0. The van der Waals surface area contributed by atoms with Crippen LogP contribution < -0.4 is 0 Å². The summed E-state index contributed by atoms with van der Waals surface area (Å²) in [6.45, 7) is 0. The topological polar surface area (TPSA) is 56.5 Å². The Bertz CT molecular complexity index is 323. The summed E-state index contributed by atoms with van der Waals surface area (Å²) in [6, 6.07) is 1.77. The second kappa shape index (κ2) is 3.05. The Kier molecular flexibility index (Phi) is 2.29. The van der Waals surface area contributed by atoms with Crippen LogP contribution in [0.25, 0.3) is 11.2 Å². The molecular weight excluding hydrogens is 325 g/mol. The molecule has 0 atom stereocenters. The van der Waals surface area contributed by atoms with E-state index in [4.69, 9.17) is 0 Å². The summed E-state index contributed by atoms with van der Waals surface area (Å²) in [4.78, 5) is 1.47. The SMILES string of the molecule is Cn1nc2ccnnc2n1.[Pt]. The average molecular weight is 330 g/mol. The molecule has 0 saturated carbocycles. The fraction of sp³-hybridized carbons (Fsp3) is 0.200. The van der Waals surface area contributed by atoms with Gasteiger partial charge < -0.3 is 0 Å². The van der Waals surface area contributed by atoms with Gasteiger partial charge in [0.05, 0.1) is 6.20 Å². The molecule has 2 aromatic rings. The first-order valence-electron chi connectivity index (χ1n) is 2.85. The normalized spacial score (nSPS) is 9.55. The maximum atomic E-state index is 4.02. The molecule has 0 fully saturated rings. The van der Waals surface area contributed by atoms with Crippen LogP contribution in [0.4, 0.5) is 0 Å². The molecule has 0 aliphatic heterocycles. The van der Waals surface area contributed by atoms with E-state index in [1.165, 1.54) is 4.80 Å². The molecular formula is C5H5N5Pt. The van der Waals surface area contributed by atoms with Crippen molar-refractivity contribution in [3.8, 4) is 0 Å². The zero-order valence-corrected chi connectivity index (χ0v) is 7.98. The summed E-state index contributed by atoms with van der Waals surface area (Å²) < 4.78 is 0. The molecule has 11 heavy (non-hydrogen) atoms. The molecule has 60 valence electrons. The largest absolute Gasteiger partial charge is 0.223 e. The molecule has 0 bridgehead atoms. The number of aryl methyl sites for hydroxylation is 1. The number of hydrogen-bond donors (Lipinski definition) is 0. The Balaban J connectivity index is 0.000000605. The van der Waals surface area contributed by atoms with Crippen molar-refractivity contribution in [3.05, 3.63) is 12.3 Å². The third-order valence-electron chi connectivity index (χ3n) is 1.17. The van der Waals surface area contributed by atoms with Gasteiger partial charge in [-0.15, -0.1) is 10.2 Å². The molecule has 0 aliphatic carbocycles. The van der Waals surface area contributed by atoms with Crippen molar-refractivity contribution < 1.29 is 21.1 Å². The minimum absolute atomic E-state index is 0. The second-order valence-electron chi connectivity index (χ2n) is 1.93. The summed E-state index contributed by atoms with van der Waals surface area (Å²) in [5.41, 5.74) is 1.36. The maximum Gasteiger partial charge on any atom is 0.223 e. The van der Waals surface area contributed by atoms with E-state index in [9.17, 15) is 0 Å². The molecule has 2 heterocycles. The molecule has 0 aromatic carbocycles. The summed E-state index contributed by atoms with van der Waals surface area (Å²) in [7, 11) is 1.75. The van der Waals surface area contributed by atoms with Crippen LogP contribution in [0.15, 0.2) is 12.3 Å². The van der Waals surface area contributed by atoms with Gasteiger partial charge in [-0.2, -0.15) is 15.0 Å². The van der Waals surface area contributed by atoms with E-state index >= 15 is 0 Å². The average Bonchev–Trinajstić information content (AvgIpc) is 2.27. The van der Waals surface area contributed by atoms with Gasteiger partial charge in [-0.1, -0.05) is 0 Å². The van der Waals surface area contributed by atoms with Crippen molar-refractivity contribution >= 4 is 11.2 Å². The first kappa shape index (κ1) is 8.27. The van der Waals surface area contributed by atoms with Crippen molar-refractivity contribution in [1.29, 1.82) is 0 Å². The van der Waals surface area contributed by atoms with E-state index in [0.717, 1.165) is 5.52 Å². The van der Waals surface area contributed by atoms with Gasteiger partial charge in [0, 0.05) is 28.1 Å². The molecule has 0 radical (unpaired) electrons. The van der Waals surface area contributed by atoms with Gasteiger partial charge in [0.25, 0.3) is 0 Å². The fourth-order valence-corrected chi connectivity index (χ4v) is 0.782. The van der Waals surface area contributed by atoms with Gasteiger partial charge in [-0.3, -0.25) is 0 Å². The molecule has 0 spiro atoms. The van der Waals surface area contributed by atoms with Crippen LogP contribution in [0.1, 0.15) is 0 Å². The zero-order valence-electron chi connectivity index (χ0n) is 5.71. The Labute approximate surface area is 77.1 Å². The molecule has 0 N–H and O–H groups in total. The van der Waals surface area contributed by atoms with Crippen molar-refractivity contribution in [2.45, 2.75) is 0 Å². The van der Waals surface area contributed by atoms with Crippen molar-refractivity contribution in [2.24, 2.45) is 7.05 Å². The van der Waals surface area contributed by atoms with Crippen LogP contribution >= 0.6 is 0 Å². The quantitative estimate of drug-likeness (QED) is 0.669. The van der Waals surface area contributed by atoms with Gasteiger partial charge in [-0.25, -0.2) is 0 Å². The van der Waals surface area contributed by atoms with Gasteiger partial charge >= 0.3 is 0 Å². The summed E-state index contributed by atoms with van der Waals surface area (Å²) >= 11 is 0. The number of rotatable bonds is 0. The Morgan fingerprint density at radius 1 is 1.36 bits per heavy atom. The molecule has 0 aliphatic rings. The molecule has 5 nitrogen and oxygen atoms in total. The number of aromatic nitrogens is 5. The molecule has 6 heteroatoms. The number of nitrogens with zero attached hydrogens (tertiary/aromatic N) is 5. The number of hydrogen-bond acceptors (Lipinski definition) is 4. The van der Waals surface area contributed by atoms with Crippen molar-refractivity contribution in [2.75, 3.05) is 0 Å². The number of fused-ring (bicyclic) bond motifs is 1. The van der Waals surface area contributed by atoms with E-state index in [-0.39, 0.29) is 21.1 Å². The van der Waals surface area contributed by atoms with Gasteiger partial charge in [0.2, 0.25) is 5.65 Å². The van der Waals surface area contributed by atoms with Crippen LogP contribution in [-0.2, 0) is 28.1 Å². The van der Waals surface area contributed by atoms with Crippen LogP contribution in [0, 0.1) is 0 Å². The molecule has 0 amide bonds. The third-order valence-corrected chi connectivity index (χ3v) is 1.17. The van der Waals surface area contributed by atoms with E-state index in [1.54, 1.807) is 19.3 Å². The van der Waals surface area contributed by atoms with Crippen molar-refractivity contribution in [3.63, 3.8) is 0 Å². The van der Waals surface area contributed by atoms with Gasteiger partial charge in [-0.05, 0) is 6.07 Å². The molecule has 0 unspecified atom stereocenters. The van der Waals surface area contributed by atoms with E-state index in [1.807, 2.05) is 0 Å².